The molecule has 5 nitrogen and oxygen atoms in total. The fourth-order valence-electron chi connectivity index (χ4n) is 1.61. The largest absolute Gasteiger partial charge is 0.399 e. The molecule has 2 aromatic rings. The fraction of sp³-hybridized carbons (Fsp3) is 0.250. The van der Waals surface area contributed by atoms with Crippen molar-refractivity contribution < 1.29 is 12.8 Å². The topological polar surface area (TPSA) is 85.1 Å². The van der Waals surface area contributed by atoms with Crippen molar-refractivity contribution in [3.8, 4) is 0 Å². The number of anilines is 1. The Balaban J connectivity index is 2.22. The molecular formula is C12H13ClFN3O2S2. The van der Waals surface area contributed by atoms with Gasteiger partial charge in [0.25, 0.3) is 0 Å². The van der Waals surface area contributed by atoms with Gasteiger partial charge in [-0.2, -0.15) is 0 Å². The first-order chi connectivity index (χ1) is 9.83. The third kappa shape index (κ3) is 3.70. The first-order valence-corrected chi connectivity index (χ1v) is 8.69. The number of nitrogens with two attached hydrogens (primary N) is 1. The highest BCUT2D eigenvalue weighted by atomic mass is 35.5. The van der Waals surface area contributed by atoms with Crippen LogP contribution in [0.5, 0.6) is 0 Å². The number of nitrogens with one attached hydrogen (secondary N) is 1. The number of aryl methyl sites for hydroxylation is 1. The predicted molar refractivity (Wildman–Crippen MR) is 81.3 cm³/mol. The molecule has 0 bridgehead atoms. The molecule has 0 aliphatic carbocycles. The molecule has 0 aliphatic rings. The molecule has 0 saturated carbocycles. The lowest BCUT2D eigenvalue weighted by Crippen LogP contribution is -2.24. The maximum atomic E-state index is 13.8. The second-order valence-corrected chi connectivity index (χ2v) is 7.56. The van der Waals surface area contributed by atoms with E-state index < -0.39 is 20.7 Å². The number of nitrogens with zero attached hydrogens (tertiary/aromatic N) is 1. The Morgan fingerprint density at radius 1 is 1.48 bits per heavy atom. The third-order valence-corrected chi connectivity index (χ3v) is 5.49. The van der Waals surface area contributed by atoms with Crippen LogP contribution in [0, 0.1) is 5.82 Å². The Hall–Kier alpha value is -1.22. The molecule has 9 heteroatoms. The van der Waals surface area contributed by atoms with Crippen molar-refractivity contribution in [2.75, 3.05) is 5.73 Å². The van der Waals surface area contributed by atoms with Gasteiger partial charge in [-0.15, -0.1) is 11.3 Å². The monoisotopic (exact) mass is 349 g/mol. The fourth-order valence-corrected chi connectivity index (χ4v) is 3.90. The zero-order chi connectivity index (χ0) is 15.6. The van der Waals surface area contributed by atoms with Gasteiger partial charge in [-0.05, 0) is 18.6 Å². The molecule has 2 rings (SSSR count). The van der Waals surface area contributed by atoms with Crippen LogP contribution < -0.4 is 10.5 Å². The van der Waals surface area contributed by atoms with Gasteiger partial charge < -0.3 is 5.73 Å². The quantitative estimate of drug-likeness (QED) is 0.812. The van der Waals surface area contributed by atoms with E-state index in [0.29, 0.717) is 5.01 Å². The van der Waals surface area contributed by atoms with Crippen LogP contribution in [0.4, 0.5) is 10.1 Å². The molecule has 0 amide bonds. The number of sulfonamides is 1. The van der Waals surface area contributed by atoms with Crippen molar-refractivity contribution in [3.63, 3.8) is 0 Å². The van der Waals surface area contributed by atoms with Crippen molar-refractivity contribution >= 4 is 38.6 Å². The maximum absolute atomic E-state index is 13.8. The van der Waals surface area contributed by atoms with Gasteiger partial charge in [-0.3, -0.25) is 0 Å². The lowest BCUT2D eigenvalue weighted by molar-refractivity contribution is 0.557. The molecule has 1 aromatic heterocycles. The molecule has 0 spiro atoms. The van der Waals surface area contributed by atoms with Gasteiger partial charge in [0.05, 0.1) is 11.6 Å². The van der Waals surface area contributed by atoms with E-state index in [2.05, 4.69) is 9.71 Å². The standard InChI is InChI=1S/C12H13ClFN3O2S2/c1-2-8-5-16-11(20-8)6-17-21(18,19)10-4-7(15)3-9(13)12(10)14/h3-5,17H,2,6,15H2,1H3. The van der Waals surface area contributed by atoms with Crippen LogP contribution in [-0.2, 0) is 23.0 Å². The minimum Gasteiger partial charge on any atom is -0.399 e. The average Bonchev–Trinajstić information content (AvgIpc) is 2.88. The van der Waals surface area contributed by atoms with Crippen LogP contribution in [0.25, 0.3) is 0 Å². The number of hydrogen-bond acceptors (Lipinski definition) is 5. The normalized spacial score (nSPS) is 11.8. The molecule has 0 aliphatic heterocycles. The van der Waals surface area contributed by atoms with Crippen molar-refractivity contribution in [3.05, 3.63) is 39.1 Å². The van der Waals surface area contributed by atoms with Gasteiger partial charge in [-0.25, -0.2) is 22.5 Å². The van der Waals surface area contributed by atoms with E-state index in [0.717, 1.165) is 23.4 Å². The van der Waals surface area contributed by atoms with E-state index in [4.69, 9.17) is 17.3 Å². The molecule has 0 atom stereocenters. The van der Waals surface area contributed by atoms with E-state index >= 15 is 0 Å². The van der Waals surface area contributed by atoms with E-state index in [-0.39, 0.29) is 17.3 Å². The summed E-state index contributed by atoms with van der Waals surface area (Å²) in [6, 6.07) is 2.19. The van der Waals surface area contributed by atoms with Crippen LogP contribution in [0.2, 0.25) is 5.02 Å². The Bertz CT molecular complexity index is 762. The van der Waals surface area contributed by atoms with Crippen LogP contribution in [0.1, 0.15) is 16.8 Å². The summed E-state index contributed by atoms with van der Waals surface area (Å²) in [5.74, 6) is -1.02. The summed E-state index contributed by atoms with van der Waals surface area (Å²) in [5, 5.41) is 0.267. The molecular weight excluding hydrogens is 337 g/mol. The van der Waals surface area contributed by atoms with Crippen molar-refractivity contribution in [2.24, 2.45) is 0 Å². The molecule has 1 heterocycles. The minimum atomic E-state index is -4.05. The van der Waals surface area contributed by atoms with Crippen molar-refractivity contribution in [1.29, 1.82) is 0 Å². The summed E-state index contributed by atoms with van der Waals surface area (Å²) in [6.07, 6.45) is 2.51. The zero-order valence-electron chi connectivity index (χ0n) is 11.1. The second kappa shape index (κ2) is 6.27. The summed E-state index contributed by atoms with van der Waals surface area (Å²) < 4.78 is 40.4. The summed E-state index contributed by atoms with van der Waals surface area (Å²) in [7, 11) is -4.05. The van der Waals surface area contributed by atoms with Crippen molar-refractivity contribution in [1.82, 2.24) is 9.71 Å². The van der Waals surface area contributed by atoms with Gasteiger partial charge in [-0.1, -0.05) is 18.5 Å². The maximum Gasteiger partial charge on any atom is 0.244 e. The number of benzene rings is 1. The number of halogens is 2. The summed E-state index contributed by atoms with van der Waals surface area (Å²) in [5.41, 5.74) is 5.57. The van der Waals surface area contributed by atoms with Gasteiger partial charge >= 0.3 is 0 Å². The lowest BCUT2D eigenvalue weighted by Gasteiger charge is -2.08. The Labute approximate surface area is 131 Å². The summed E-state index contributed by atoms with van der Waals surface area (Å²) in [6.45, 7) is 1.96. The Morgan fingerprint density at radius 2 is 2.19 bits per heavy atom. The molecule has 0 fully saturated rings. The smallest absolute Gasteiger partial charge is 0.244 e. The molecule has 114 valence electrons. The molecule has 0 unspecified atom stereocenters. The van der Waals surface area contributed by atoms with E-state index in [1.165, 1.54) is 11.3 Å². The Morgan fingerprint density at radius 3 is 2.81 bits per heavy atom. The van der Waals surface area contributed by atoms with Crippen molar-refractivity contribution in [2.45, 2.75) is 24.8 Å². The number of rotatable bonds is 5. The first kappa shape index (κ1) is 16.2. The van der Waals surface area contributed by atoms with Gasteiger partial charge in [0.15, 0.2) is 5.82 Å². The van der Waals surface area contributed by atoms with Gasteiger partial charge in [0, 0.05) is 16.8 Å². The highest BCUT2D eigenvalue weighted by Gasteiger charge is 2.22. The average molecular weight is 350 g/mol. The number of nitrogen functional groups attached to an aromatic ring is 1. The van der Waals surface area contributed by atoms with Gasteiger partial charge in [0.2, 0.25) is 10.0 Å². The number of aromatic nitrogens is 1. The molecule has 0 radical (unpaired) electrons. The summed E-state index contributed by atoms with van der Waals surface area (Å²) in [4.78, 5) is 4.56. The highest BCUT2D eigenvalue weighted by molar-refractivity contribution is 7.89. The zero-order valence-corrected chi connectivity index (χ0v) is 13.4. The van der Waals surface area contributed by atoms with Crippen LogP contribution in [-0.4, -0.2) is 13.4 Å². The minimum absolute atomic E-state index is 0.0150. The second-order valence-electron chi connectivity index (χ2n) is 4.21. The van der Waals surface area contributed by atoms with E-state index in [1.54, 1.807) is 6.20 Å². The molecule has 3 N–H and O–H groups in total. The van der Waals surface area contributed by atoms with Gasteiger partial charge in [0.1, 0.15) is 9.90 Å². The third-order valence-electron chi connectivity index (χ3n) is 2.67. The number of hydrogen-bond donors (Lipinski definition) is 2. The van der Waals surface area contributed by atoms with Crippen LogP contribution >= 0.6 is 22.9 Å². The lowest BCUT2D eigenvalue weighted by atomic mass is 10.3. The predicted octanol–water partition coefficient (Wildman–Crippen LogP) is 2.56. The first-order valence-electron chi connectivity index (χ1n) is 6.01. The molecule has 21 heavy (non-hydrogen) atoms. The molecule has 1 aromatic carbocycles. The highest BCUT2D eigenvalue weighted by Crippen LogP contribution is 2.25. The molecule has 0 saturated heterocycles. The number of thiazole rings is 1. The van der Waals surface area contributed by atoms with Crippen LogP contribution in [0.15, 0.2) is 23.2 Å². The Kier molecular flexibility index (Phi) is 4.82. The van der Waals surface area contributed by atoms with E-state index in [1.807, 2.05) is 6.92 Å². The van der Waals surface area contributed by atoms with Crippen LogP contribution in [0.3, 0.4) is 0 Å². The van der Waals surface area contributed by atoms with E-state index in [9.17, 15) is 12.8 Å². The summed E-state index contributed by atoms with van der Waals surface area (Å²) >= 11 is 7.00. The SMILES string of the molecule is CCc1cnc(CNS(=O)(=O)c2cc(N)cc(Cl)c2F)s1.